The van der Waals surface area contributed by atoms with E-state index in [0.717, 1.165) is 0 Å². The highest BCUT2D eigenvalue weighted by Gasteiger charge is 2.00. The number of amides is 3. The minimum absolute atomic E-state index is 0.00278. The van der Waals surface area contributed by atoms with Crippen molar-refractivity contribution in [3.05, 3.63) is 0 Å². The van der Waals surface area contributed by atoms with Gasteiger partial charge in [0.15, 0.2) is 0 Å². The topological polar surface area (TPSA) is 91.5 Å². The van der Waals surface area contributed by atoms with Crippen molar-refractivity contribution in [3.8, 4) is 0 Å². The summed E-state index contributed by atoms with van der Waals surface area (Å²) in [5.74, 6) is -0.164. The molecule has 0 aliphatic heterocycles. The highest BCUT2D eigenvalue weighted by molar-refractivity contribution is 7.80. The molecule has 0 aliphatic carbocycles. The van der Waals surface area contributed by atoms with Crippen molar-refractivity contribution in [2.45, 2.75) is 13.8 Å². The smallest absolute Gasteiger partial charge is 0.316 e. The Morgan fingerprint density at radius 1 is 1.17 bits per heavy atom. The highest BCUT2D eigenvalue weighted by atomic mass is 32.1. The van der Waals surface area contributed by atoms with Gasteiger partial charge in [-0.25, -0.2) is 4.79 Å². The van der Waals surface area contributed by atoms with Gasteiger partial charge in [-0.3, -0.25) is 4.79 Å². The third-order valence-corrected chi connectivity index (χ3v) is 1.87. The molecule has 0 unspecified atom stereocenters. The van der Waals surface area contributed by atoms with Crippen LogP contribution in [-0.2, 0) is 9.53 Å². The maximum absolute atomic E-state index is 11.2. The minimum Gasteiger partial charge on any atom is -0.370 e. The van der Waals surface area contributed by atoms with E-state index in [1.165, 1.54) is 0 Å². The summed E-state index contributed by atoms with van der Waals surface area (Å²) in [6.07, 6.45) is 0. The lowest BCUT2D eigenvalue weighted by Crippen LogP contribution is -2.42. The van der Waals surface area contributed by atoms with Gasteiger partial charge in [0.25, 0.3) is 0 Å². The van der Waals surface area contributed by atoms with Crippen molar-refractivity contribution in [2.75, 3.05) is 33.0 Å². The summed E-state index contributed by atoms with van der Waals surface area (Å²) in [7, 11) is 0. The van der Waals surface area contributed by atoms with Gasteiger partial charge in [0, 0.05) is 13.1 Å². The van der Waals surface area contributed by atoms with Crippen LogP contribution < -0.4 is 21.3 Å². The van der Waals surface area contributed by atoms with Gasteiger partial charge in [-0.05, 0) is 13.8 Å². The summed E-state index contributed by atoms with van der Waals surface area (Å²) >= 11 is 4.77. The summed E-state index contributed by atoms with van der Waals surface area (Å²) in [6.45, 7) is 5.04. The molecule has 0 rings (SSSR count). The predicted octanol–water partition coefficient (Wildman–Crippen LogP) is -0.667. The van der Waals surface area contributed by atoms with Crippen LogP contribution in [0.25, 0.3) is 0 Å². The first kappa shape index (κ1) is 16.6. The molecule has 0 atom stereocenters. The molecule has 4 N–H and O–H groups in total. The fourth-order valence-corrected chi connectivity index (χ4v) is 1.03. The maximum atomic E-state index is 11.2. The maximum Gasteiger partial charge on any atom is 0.316 e. The third-order valence-electron chi connectivity index (χ3n) is 1.73. The van der Waals surface area contributed by atoms with Crippen molar-refractivity contribution in [1.29, 1.82) is 0 Å². The molecular weight excluding hydrogens is 256 g/mol. The van der Waals surface area contributed by atoms with Gasteiger partial charge in [-0.1, -0.05) is 12.2 Å². The van der Waals surface area contributed by atoms with E-state index in [2.05, 4.69) is 21.3 Å². The van der Waals surface area contributed by atoms with Crippen LogP contribution in [0.2, 0.25) is 0 Å². The number of thiocarbonyl (C=S) groups is 1. The van der Waals surface area contributed by atoms with E-state index in [1.807, 2.05) is 6.92 Å². The van der Waals surface area contributed by atoms with Crippen molar-refractivity contribution >= 4 is 29.1 Å². The number of urea groups is 1. The molecule has 0 aromatic rings. The van der Waals surface area contributed by atoms with Crippen molar-refractivity contribution in [1.82, 2.24) is 21.3 Å². The molecular formula is C10H20N4O3S. The van der Waals surface area contributed by atoms with E-state index >= 15 is 0 Å². The zero-order valence-corrected chi connectivity index (χ0v) is 11.5. The summed E-state index contributed by atoms with van der Waals surface area (Å²) in [4.78, 5) is 22.8. The van der Waals surface area contributed by atoms with Crippen LogP contribution in [0.1, 0.15) is 13.8 Å². The van der Waals surface area contributed by atoms with Gasteiger partial charge in [-0.2, -0.15) is 0 Å². The fraction of sp³-hybridized carbons (Fsp3) is 0.700. The third kappa shape index (κ3) is 11.1. The number of nitrogens with one attached hydrogen (secondary N) is 4. The number of likely N-dealkylation sites (N-methyl/N-ethyl adjacent to an activating group) is 1. The first-order valence-corrected chi connectivity index (χ1v) is 6.07. The zero-order chi connectivity index (χ0) is 13.8. The van der Waals surface area contributed by atoms with Crippen LogP contribution in [0.4, 0.5) is 4.79 Å². The van der Waals surface area contributed by atoms with Gasteiger partial charge in [0.2, 0.25) is 5.91 Å². The molecule has 104 valence electrons. The van der Waals surface area contributed by atoms with Crippen molar-refractivity contribution in [3.63, 3.8) is 0 Å². The van der Waals surface area contributed by atoms with Gasteiger partial charge >= 0.3 is 6.03 Å². The van der Waals surface area contributed by atoms with E-state index in [1.54, 1.807) is 6.92 Å². The van der Waals surface area contributed by atoms with Crippen LogP contribution >= 0.6 is 12.2 Å². The first-order chi connectivity index (χ1) is 8.56. The number of hydrogen-bond acceptors (Lipinski definition) is 4. The summed E-state index contributed by atoms with van der Waals surface area (Å²) in [6, 6.07) is -0.319. The standard InChI is InChI=1S/C10H20N4O3S/c1-3-11-9(15)6-17-5-4-12-10(16)14-7-13-8(2)18/h3-7H2,1-2H3,(H,11,15)(H,13,18)(H2,12,14,16). The zero-order valence-electron chi connectivity index (χ0n) is 10.7. The van der Waals surface area contributed by atoms with E-state index in [9.17, 15) is 9.59 Å². The molecule has 3 amide bonds. The Labute approximate surface area is 112 Å². The highest BCUT2D eigenvalue weighted by Crippen LogP contribution is 1.75. The second kappa shape index (κ2) is 10.7. The van der Waals surface area contributed by atoms with Gasteiger partial charge in [-0.15, -0.1) is 0 Å². The monoisotopic (exact) mass is 276 g/mol. The summed E-state index contributed by atoms with van der Waals surface area (Å²) < 4.78 is 5.05. The Hall–Kier alpha value is -1.41. The number of carbonyl (C=O) groups excluding carboxylic acids is 2. The van der Waals surface area contributed by atoms with E-state index in [-0.39, 0.29) is 31.8 Å². The average Bonchev–Trinajstić information content (AvgIpc) is 2.28. The molecule has 0 radical (unpaired) electrons. The summed E-state index contributed by atoms with van der Waals surface area (Å²) in [5, 5.41) is 10.5. The van der Waals surface area contributed by atoms with Crippen molar-refractivity contribution < 1.29 is 14.3 Å². The second-order valence-corrected chi connectivity index (χ2v) is 3.96. The molecule has 0 saturated carbocycles. The molecule has 18 heavy (non-hydrogen) atoms. The number of ether oxygens (including phenoxy) is 1. The SMILES string of the molecule is CCNC(=O)COCCNC(=O)NCNC(C)=S. The minimum atomic E-state index is -0.319. The lowest BCUT2D eigenvalue weighted by Gasteiger charge is -2.09. The van der Waals surface area contributed by atoms with Gasteiger partial charge in [0.1, 0.15) is 6.61 Å². The van der Waals surface area contributed by atoms with E-state index < -0.39 is 0 Å². The van der Waals surface area contributed by atoms with Crippen LogP contribution in [0.15, 0.2) is 0 Å². The van der Waals surface area contributed by atoms with Crippen molar-refractivity contribution in [2.24, 2.45) is 0 Å². The summed E-state index contributed by atoms with van der Waals surface area (Å²) in [5.41, 5.74) is 0. The normalized spacial score (nSPS) is 9.44. The van der Waals surface area contributed by atoms with Gasteiger partial charge in [0.05, 0.1) is 18.3 Å². The molecule has 0 bridgehead atoms. The Balaban J connectivity index is 3.35. The molecule has 0 saturated heterocycles. The number of rotatable bonds is 8. The second-order valence-electron chi connectivity index (χ2n) is 3.35. The molecule has 0 fully saturated rings. The first-order valence-electron chi connectivity index (χ1n) is 5.66. The van der Waals surface area contributed by atoms with E-state index in [0.29, 0.717) is 18.1 Å². The average molecular weight is 276 g/mol. The molecule has 0 heterocycles. The van der Waals surface area contributed by atoms with Crippen LogP contribution in [0.3, 0.4) is 0 Å². The molecule has 0 aliphatic rings. The molecule has 0 aromatic carbocycles. The number of carbonyl (C=O) groups is 2. The molecule has 0 aromatic heterocycles. The van der Waals surface area contributed by atoms with Crippen LogP contribution in [0, 0.1) is 0 Å². The fourth-order valence-electron chi connectivity index (χ4n) is 0.961. The van der Waals surface area contributed by atoms with Gasteiger partial charge < -0.3 is 26.0 Å². The molecule has 0 spiro atoms. The van der Waals surface area contributed by atoms with Crippen LogP contribution in [-0.4, -0.2) is 49.9 Å². The largest absolute Gasteiger partial charge is 0.370 e. The predicted molar refractivity (Wildman–Crippen MR) is 72.3 cm³/mol. The lowest BCUT2D eigenvalue weighted by atomic mass is 10.6. The van der Waals surface area contributed by atoms with Crippen LogP contribution in [0.5, 0.6) is 0 Å². The molecule has 7 nitrogen and oxygen atoms in total. The Bertz CT molecular complexity index is 286. The Kier molecular flexibility index (Phi) is 9.89. The number of hydrogen-bond donors (Lipinski definition) is 4. The quantitative estimate of drug-likeness (QED) is 0.268. The Morgan fingerprint density at radius 3 is 2.50 bits per heavy atom. The Morgan fingerprint density at radius 2 is 1.89 bits per heavy atom. The lowest BCUT2D eigenvalue weighted by molar-refractivity contribution is -0.125. The van der Waals surface area contributed by atoms with E-state index in [4.69, 9.17) is 17.0 Å². The molecule has 8 heteroatoms.